The average molecular weight is 382 g/mol. The Labute approximate surface area is 157 Å². The van der Waals surface area contributed by atoms with Crippen LogP contribution in [0.5, 0.6) is 0 Å². The maximum Gasteiger partial charge on any atom is 0.326 e. The van der Waals surface area contributed by atoms with Crippen molar-refractivity contribution in [3.05, 3.63) is 0 Å². The molecule has 10 nitrogen and oxygen atoms in total. The van der Waals surface area contributed by atoms with Crippen LogP contribution in [0.25, 0.3) is 0 Å². The Morgan fingerprint density at radius 1 is 1.22 bits per heavy atom. The lowest BCUT2D eigenvalue weighted by Gasteiger charge is -2.21. The first-order valence-electron chi connectivity index (χ1n) is 9.17. The summed E-state index contributed by atoms with van der Waals surface area (Å²) >= 11 is 0. The average Bonchev–Trinajstić information content (AvgIpc) is 3.19. The third kappa shape index (κ3) is 4.75. The summed E-state index contributed by atoms with van der Waals surface area (Å²) < 4.78 is 4.90. The Morgan fingerprint density at radius 2 is 1.89 bits per heavy atom. The van der Waals surface area contributed by atoms with Crippen LogP contribution in [0, 0.1) is 0 Å². The fourth-order valence-corrected chi connectivity index (χ4v) is 3.35. The summed E-state index contributed by atoms with van der Waals surface area (Å²) in [7, 11) is 0. The molecule has 0 radical (unpaired) electrons. The molecule has 2 N–H and O–H groups in total. The van der Waals surface area contributed by atoms with Crippen molar-refractivity contribution in [2.75, 3.05) is 32.8 Å². The van der Waals surface area contributed by atoms with E-state index in [0.29, 0.717) is 19.4 Å². The van der Waals surface area contributed by atoms with E-state index in [4.69, 9.17) is 4.74 Å². The number of nitrogens with one attached hydrogen (secondary N) is 2. The predicted molar refractivity (Wildman–Crippen MR) is 93.3 cm³/mol. The lowest BCUT2D eigenvalue weighted by molar-refractivity contribution is -0.154. The van der Waals surface area contributed by atoms with Crippen molar-refractivity contribution in [2.24, 2.45) is 0 Å². The van der Waals surface area contributed by atoms with Crippen molar-refractivity contribution in [3.63, 3.8) is 0 Å². The van der Waals surface area contributed by atoms with Gasteiger partial charge in [-0.2, -0.15) is 0 Å². The zero-order chi connectivity index (χ0) is 20.0. The largest absolute Gasteiger partial charge is 0.454 e. The fraction of sp³-hybridized carbons (Fsp3) is 0.706. The van der Waals surface area contributed by atoms with Gasteiger partial charge in [0.25, 0.3) is 11.8 Å². The first-order chi connectivity index (χ1) is 12.8. The number of urea groups is 1. The van der Waals surface area contributed by atoms with Crippen LogP contribution in [-0.4, -0.2) is 77.8 Å². The Morgan fingerprint density at radius 3 is 2.48 bits per heavy atom. The number of carbonyl (C=O) groups is 5. The molecule has 0 aromatic rings. The highest BCUT2D eigenvalue weighted by Crippen LogP contribution is 2.34. The molecular weight excluding hydrogens is 356 g/mol. The van der Waals surface area contributed by atoms with Gasteiger partial charge in [-0.15, -0.1) is 0 Å². The van der Waals surface area contributed by atoms with Crippen molar-refractivity contribution in [1.29, 1.82) is 0 Å². The minimum atomic E-state index is -0.890. The van der Waals surface area contributed by atoms with Gasteiger partial charge in [-0.05, 0) is 26.7 Å². The van der Waals surface area contributed by atoms with Gasteiger partial charge < -0.3 is 20.3 Å². The Bertz CT molecular complexity index is 629. The zero-order valence-electron chi connectivity index (χ0n) is 15.7. The molecule has 0 aromatic carbocycles. The second kappa shape index (κ2) is 8.83. The normalized spacial score (nSPS) is 17.8. The van der Waals surface area contributed by atoms with Crippen LogP contribution in [0.15, 0.2) is 0 Å². The fourth-order valence-electron chi connectivity index (χ4n) is 3.35. The molecule has 150 valence electrons. The van der Waals surface area contributed by atoms with E-state index in [0.717, 1.165) is 17.7 Å². The molecule has 1 heterocycles. The molecule has 1 aliphatic heterocycles. The maximum absolute atomic E-state index is 12.5. The first kappa shape index (κ1) is 20.7. The van der Waals surface area contributed by atoms with E-state index in [1.165, 1.54) is 4.90 Å². The van der Waals surface area contributed by atoms with Gasteiger partial charge >= 0.3 is 12.0 Å². The Balaban J connectivity index is 1.83. The summed E-state index contributed by atoms with van der Waals surface area (Å²) in [6, 6.07) is -0.614. The molecule has 27 heavy (non-hydrogen) atoms. The summed E-state index contributed by atoms with van der Waals surface area (Å²) in [5.74, 6) is -2.10. The number of carbonyl (C=O) groups excluding carboxylic acids is 5. The van der Waals surface area contributed by atoms with E-state index < -0.39 is 42.5 Å². The van der Waals surface area contributed by atoms with E-state index in [1.54, 1.807) is 13.8 Å². The minimum absolute atomic E-state index is 0.129. The molecule has 1 aliphatic carbocycles. The van der Waals surface area contributed by atoms with E-state index in [1.807, 2.05) is 0 Å². The molecular formula is C17H26N4O6. The highest BCUT2D eigenvalue weighted by molar-refractivity contribution is 6.08. The number of rotatable bonds is 8. The molecule has 2 aliphatic rings. The zero-order valence-corrected chi connectivity index (χ0v) is 15.7. The predicted octanol–water partition coefficient (Wildman–Crippen LogP) is -0.621. The van der Waals surface area contributed by atoms with Crippen molar-refractivity contribution in [1.82, 2.24) is 20.4 Å². The number of nitrogens with zero attached hydrogens (tertiary/aromatic N) is 2. The van der Waals surface area contributed by atoms with E-state index in [-0.39, 0.29) is 19.0 Å². The highest BCUT2D eigenvalue weighted by atomic mass is 16.5. The van der Waals surface area contributed by atoms with Crippen LogP contribution in [-0.2, 0) is 23.9 Å². The number of esters is 1. The third-order valence-electron chi connectivity index (χ3n) is 4.79. The molecule has 10 heteroatoms. The Hall–Kier alpha value is -2.65. The topological polar surface area (TPSA) is 125 Å². The molecule has 0 unspecified atom stereocenters. The number of hydrogen-bond donors (Lipinski definition) is 2. The lowest BCUT2D eigenvalue weighted by Crippen LogP contribution is -2.45. The van der Waals surface area contributed by atoms with E-state index >= 15 is 0 Å². The van der Waals surface area contributed by atoms with Gasteiger partial charge in [0, 0.05) is 13.1 Å². The minimum Gasteiger partial charge on any atom is -0.454 e. The maximum atomic E-state index is 12.5. The van der Waals surface area contributed by atoms with E-state index in [2.05, 4.69) is 10.6 Å². The van der Waals surface area contributed by atoms with Gasteiger partial charge in [0.15, 0.2) is 6.61 Å². The molecule has 0 bridgehead atoms. The van der Waals surface area contributed by atoms with Gasteiger partial charge in [-0.3, -0.25) is 24.1 Å². The summed E-state index contributed by atoms with van der Waals surface area (Å²) in [4.78, 5) is 62.2. The van der Waals surface area contributed by atoms with E-state index in [9.17, 15) is 24.0 Å². The second-order valence-electron chi connectivity index (χ2n) is 6.63. The van der Waals surface area contributed by atoms with Crippen LogP contribution >= 0.6 is 0 Å². The van der Waals surface area contributed by atoms with Gasteiger partial charge in [-0.1, -0.05) is 12.8 Å². The summed E-state index contributed by atoms with van der Waals surface area (Å²) in [6.07, 6.45) is 2.81. The molecule has 2 rings (SSSR count). The summed E-state index contributed by atoms with van der Waals surface area (Å²) in [6.45, 7) is 2.98. The van der Waals surface area contributed by atoms with Crippen molar-refractivity contribution in [2.45, 2.75) is 45.1 Å². The molecule has 0 atom stereocenters. The summed E-state index contributed by atoms with van der Waals surface area (Å²) in [5.41, 5.74) is -0.890. The molecule has 2 fully saturated rings. The van der Waals surface area contributed by atoms with Crippen LogP contribution in [0.3, 0.4) is 0 Å². The van der Waals surface area contributed by atoms with Crippen molar-refractivity contribution >= 4 is 29.7 Å². The monoisotopic (exact) mass is 382 g/mol. The number of ether oxygens (including phenoxy) is 1. The first-order valence-corrected chi connectivity index (χ1v) is 9.17. The summed E-state index contributed by atoms with van der Waals surface area (Å²) in [5, 5.41) is 5.25. The molecule has 1 saturated heterocycles. The van der Waals surface area contributed by atoms with Crippen LogP contribution in [0.1, 0.15) is 39.5 Å². The van der Waals surface area contributed by atoms with Crippen molar-refractivity contribution < 1.29 is 28.7 Å². The lowest BCUT2D eigenvalue weighted by atomic mass is 9.98. The molecule has 0 aromatic heterocycles. The van der Waals surface area contributed by atoms with Gasteiger partial charge in [-0.25, -0.2) is 4.79 Å². The highest BCUT2D eigenvalue weighted by Gasteiger charge is 2.52. The number of imide groups is 1. The standard InChI is InChI=1S/C17H26N4O6/c1-3-18-12(22)9-20(4-2)13(23)11-27-14(24)10-21-15(25)17(19-16(21)26)7-5-6-8-17/h3-11H2,1-2H3,(H,18,22)(H,19,26). The molecule has 1 saturated carbocycles. The number of likely N-dealkylation sites (N-methyl/N-ethyl adjacent to an activating group) is 2. The van der Waals surface area contributed by atoms with Crippen LogP contribution in [0.4, 0.5) is 4.79 Å². The molecule has 5 amide bonds. The second-order valence-corrected chi connectivity index (χ2v) is 6.63. The van der Waals surface area contributed by atoms with Gasteiger partial charge in [0.05, 0.1) is 6.54 Å². The number of hydrogen-bond acceptors (Lipinski definition) is 6. The third-order valence-corrected chi connectivity index (χ3v) is 4.79. The molecule has 1 spiro atoms. The smallest absolute Gasteiger partial charge is 0.326 e. The van der Waals surface area contributed by atoms with Crippen LogP contribution < -0.4 is 10.6 Å². The van der Waals surface area contributed by atoms with Crippen molar-refractivity contribution in [3.8, 4) is 0 Å². The van der Waals surface area contributed by atoms with Crippen LogP contribution in [0.2, 0.25) is 0 Å². The Kier molecular flexibility index (Phi) is 6.75. The SMILES string of the molecule is CCNC(=O)CN(CC)C(=O)COC(=O)CN1C(=O)NC2(CCCC2)C1=O. The van der Waals surface area contributed by atoms with Gasteiger partial charge in [0.2, 0.25) is 5.91 Å². The quantitative estimate of drug-likeness (QED) is 0.426. The number of amides is 5. The van der Waals surface area contributed by atoms with Gasteiger partial charge in [0.1, 0.15) is 12.1 Å².